The molecule has 1 aromatic carbocycles. The molecule has 0 radical (unpaired) electrons. The van der Waals surface area contributed by atoms with Crippen molar-refractivity contribution < 1.29 is 4.74 Å². The van der Waals surface area contributed by atoms with Crippen molar-refractivity contribution >= 4 is 17.6 Å². The predicted molar refractivity (Wildman–Crippen MR) is 97.3 cm³/mol. The number of benzene rings is 1. The van der Waals surface area contributed by atoms with Crippen molar-refractivity contribution in [1.82, 2.24) is 10.2 Å². The number of aryl methyl sites for hydroxylation is 1. The van der Waals surface area contributed by atoms with Gasteiger partial charge in [0.05, 0.1) is 6.61 Å². The highest BCUT2D eigenvalue weighted by Gasteiger charge is 2.24. The molecule has 1 aromatic rings. The molecule has 1 heterocycles. The van der Waals surface area contributed by atoms with E-state index in [-0.39, 0.29) is 0 Å². The van der Waals surface area contributed by atoms with Gasteiger partial charge in [-0.1, -0.05) is 29.8 Å². The molecule has 1 atom stereocenters. The Morgan fingerprint density at radius 2 is 2.26 bits per heavy atom. The minimum Gasteiger partial charge on any atom is -0.384 e. The van der Waals surface area contributed by atoms with Gasteiger partial charge in [-0.05, 0) is 37.8 Å². The molecule has 23 heavy (non-hydrogen) atoms. The zero-order valence-corrected chi connectivity index (χ0v) is 15.0. The Kier molecular flexibility index (Phi) is 7.69. The van der Waals surface area contributed by atoms with Crippen LogP contribution in [0.5, 0.6) is 0 Å². The number of guanidine groups is 1. The summed E-state index contributed by atoms with van der Waals surface area (Å²) in [6.07, 6.45) is 3.15. The summed E-state index contributed by atoms with van der Waals surface area (Å²) in [6.45, 7) is 6.76. The fourth-order valence-corrected chi connectivity index (χ4v) is 3.21. The average molecular weight is 338 g/mol. The van der Waals surface area contributed by atoms with Crippen molar-refractivity contribution in [3.05, 3.63) is 34.9 Å². The molecule has 1 N–H and O–H groups in total. The normalized spacial score (nSPS) is 18.5. The summed E-state index contributed by atoms with van der Waals surface area (Å²) in [5, 5.41) is 4.26. The van der Waals surface area contributed by atoms with E-state index in [1.54, 1.807) is 7.11 Å². The second-order valence-corrected chi connectivity index (χ2v) is 6.39. The molecule has 128 valence electrons. The maximum atomic E-state index is 6.20. The summed E-state index contributed by atoms with van der Waals surface area (Å²) < 4.78 is 5.27. The van der Waals surface area contributed by atoms with Crippen LogP contribution in [0.25, 0.3) is 0 Å². The number of methoxy groups -OCH3 is 1. The molecule has 1 aliphatic rings. The lowest BCUT2D eigenvalue weighted by Crippen LogP contribution is -2.40. The number of likely N-dealkylation sites (tertiary alicyclic amines) is 1. The molecule has 5 heteroatoms. The van der Waals surface area contributed by atoms with E-state index in [0.717, 1.165) is 56.6 Å². The zero-order chi connectivity index (χ0) is 16.5. The topological polar surface area (TPSA) is 36.9 Å². The van der Waals surface area contributed by atoms with E-state index in [2.05, 4.69) is 23.2 Å². The fourth-order valence-electron chi connectivity index (χ4n) is 2.98. The standard InChI is InChI=1S/C18H28ClN3O/c1-3-20-18(22-12-10-15(13-22)14-23-2)21-11-6-8-16-7-4-5-9-17(16)19/h4-5,7,9,15H,3,6,8,10-14H2,1-2H3,(H,20,21). The van der Waals surface area contributed by atoms with Crippen LogP contribution in [0.1, 0.15) is 25.3 Å². The summed E-state index contributed by atoms with van der Waals surface area (Å²) in [5.74, 6) is 1.65. The summed E-state index contributed by atoms with van der Waals surface area (Å²) in [6, 6.07) is 8.04. The van der Waals surface area contributed by atoms with Gasteiger partial charge in [0.25, 0.3) is 0 Å². The van der Waals surface area contributed by atoms with Gasteiger partial charge in [-0.25, -0.2) is 0 Å². The molecule has 0 bridgehead atoms. The van der Waals surface area contributed by atoms with Crippen LogP contribution in [0, 0.1) is 5.92 Å². The third kappa shape index (κ3) is 5.70. The Labute approximate surface area is 144 Å². The highest BCUT2D eigenvalue weighted by Crippen LogP contribution is 2.18. The summed E-state index contributed by atoms with van der Waals surface area (Å²) >= 11 is 6.20. The lowest BCUT2D eigenvalue weighted by atomic mass is 10.1. The number of hydrogen-bond donors (Lipinski definition) is 1. The molecule has 1 saturated heterocycles. The van der Waals surface area contributed by atoms with Gasteiger partial charge in [-0.3, -0.25) is 4.99 Å². The fraction of sp³-hybridized carbons (Fsp3) is 0.611. The van der Waals surface area contributed by atoms with E-state index in [4.69, 9.17) is 21.3 Å². The van der Waals surface area contributed by atoms with Crippen LogP contribution in [-0.4, -0.2) is 50.8 Å². The van der Waals surface area contributed by atoms with E-state index in [1.807, 2.05) is 18.2 Å². The van der Waals surface area contributed by atoms with Gasteiger partial charge in [0.15, 0.2) is 5.96 Å². The van der Waals surface area contributed by atoms with Crippen LogP contribution in [0.15, 0.2) is 29.3 Å². The number of halogens is 1. The first-order valence-corrected chi connectivity index (χ1v) is 8.88. The Bertz CT molecular complexity index is 507. The molecule has 0 spiro atoms. The molecule has 0 amide bonds. The minimum absolute atomic E-state index is 0.618. The molecule has 4 nitrogen and oxygen atoms in total. The number of nitrogens with zero attached hydrogens (tertiary/aromatic N) is 2. The van der Waals surface area contributed by atoms with E-state index in [9.17, 15) is 0 Å². The molecule has 1 unspecified atom stereocenters. The second kappa shape index (κ2) is 9.78. The smallest absolute Gasteiger partial charge is 0.193 e. The van der Waals surface area contributed by atoms with Crippen molar-refractivity contribution in [1.29, 1.82) is 0 Å². The maximum absolute atomic E-state index is 6.20. The molecule has 0 aliphatic carbocycles. The van der Waals surface area contributed by atoms with Crippen LogP contribution < -0.4 is 5.32 Å². The van der Waals surface area contributed by atoms with Crippen LogP contribution in [-0.2, 0) is 11.2 Å². The number of nitrogens with one attached hydrogen (secondary N) is 1. The number of rotatable bonds is 7. The van der Waals surface area contributed by atoms with Gasteiger partial charge >= 0.3 is 0 Å². The van der Waals surface area contributed by atoms with Gasteiger partial charge in [-0.15, -0.1) is 0 Å². The van der Waals surface area contributed by atoms with Gasteiger partial charge in [0, 0.05) is 44.2 Å². The third-order valence-electron chi connectivity index (χ3n) is 4.15. The van der Waals surface area contributed by atoms with E-state index in [0.29, 0.717) is 5.92 Å². The molecule has 0 aromatic heterocycles. The van der Waals surface area contributed by atoms with Crippen molar-refractivity contribution in [3.63, 3.8) is 0 Å². The van der Waals surface area contributed by atoms with Gasteiger partial charge in [0.1, 0.15) is 0 Å². The average Bonchev–Trinajstić information content (AvgIpc) is 3.01. The minimum atomic E-state index is 0.618. The van der Waals surface area contributed by atoms with Crippen molar-refractivity contribution in [3.8, 4) is 0 Å². The molecular formula is C18H28ClN3O. The van der Waals surface area contributed by atoms with Crippen molar-refractivity contribution in [2.75, 3.05) is 39.9 Å². The van der Waals surface area contributed by atoms with E-state index < -0.39 is 0 Å². The summed E-state index contributed by atoms with van der Waals surface area (Å²) in [7, 11) is 1.77. The van der Waals surface area contributed by atoms with Gasteiger partial charge in [-0.2, -0.15) is 0 Å². The van der Waals surface area contributed by atoms with E-state index >= 15 is 0 Å². The third-order valence-corrected chi connectivity index (χ3v) is 4.52. The van der Waals surface area contributed by atoms with Crippen molar-refractivity contribution in [2.45, 2.75) is 26.2 Å². The summed E-state index contributed by atoms with van der Waals surface area (Å²) in [4.78, 5) is 7.13. The van der Waals surface area contributed by atoms with Gasteiger partial charge < -0.3 is 15.0 Å². The Balaban J connectivity index is 1.83. The number of ether oxygens (including phenoxy) is 1. The SMILES string of the molecule is CCNC(=NCCCc1ccccc1Cl)N1CCC(COC)C1. The Morgan fingerprint density at radius 1 is 1.43 bits per heavy atom. The van der Waals surface area contributed by atoms with Crippen LogP contribution in [0.2, 0.25) is 5.02 Å². The quantitative estimate of drug-likeness (QED) is 0.471. The van der Waals surface area contributed by atoms with Gasteiger partial charge in [0.2, 0.25) is 0 Å². The first-order chi connectivity index (χ1) is 11.2. The van der Waals surface area contributed by atoms with E-state index in [1.165, 1.54) is 12.0 Å². The highest BCUT2D eigenvalue weighted by atomic mass is 35.5. The second-order valence-electron chi connectivity index (χ2n) is 5.99. The molecule has 1 fully saturated rings. The van der Waals surface area contributed by atoms with Crippen LogP contribution in [0.3, 0.4) is 0 Å². The number of aliphatic imine (C=N–C) groups is 1. The van der Waals surface area contributed by atoms with Crippen LogP contribution in [0.4, 0.5) is 0 Å². The highest BCUT2D eigenvalue weighted by molar-refractivity contribution is 6.31. The molecule has 2 rings (SSSR count). The first-order valence-electron chi connectivity index (χ1n) is 8.50. The largest absolute Gasteiger partial charge is 0.384 e. The Hall–Kier alpha value is -1.26. The van der Waals surface area contributed by atoms with Crippen LogP contribution >= 0.6 is 11.6 Å². The monoisotopic (exact) mass is 337 g/mol. The first kappa shape index (κ1) is 18.1. The predicted octanol–water partition coefficient (Wildman–Crippen LogP) is 3.21. The lowest BCUT2D eigenvalue weighted by molar-refractivity contribution is 0.157. The maximum Gasteiger partial charge on any atom is 0.193 e. The zero-order valence-electron chi connectivity index (χ0n) is 14.2. The molecule has 0 saturated carbocycles. The number of hydrogen-bond acceptors (Lipinski definition) is 2. The molecular weight excluding hydrogens is 310 g/mol. The van der Waals surface area contributed by atoms with Crippen molar-refractivity contribution in [2.24, 2.45) is 10.9 Å². The Morgan fingerprint density at radius 3 is 3.00 bits per heavy atom. The summed E-state index contributed by atoms with van der Waals surface area (Å²) in [5.41, 5.74) is 1.20. The lowest BCUT2D eigenvalue weighted by Gasteiger charge is -2.21. The molecule has 1 aliphatic heterocycles.